The molecule has 4 heterocycles. The van der Waals surface area contributed by atoms with Crippen molar-refractivity contribution < 1.29 is 9.13 Å². The molecule has 10 heteroatoms. The Morgan fingerprint density at radius 3 is 2.64 bits per heavy atom. The van der Waals surface area contributed by atoms with Crippen LogP contribution in [0.15, 0.2) is 42.9 Å². The molecular weight excluding hydrogens is 445 g/mol. The number of aromatic nitrogens is 6. The van der Waals surface area contributed by atoms with E-state index < -0.39 is 5.82 Å². The second-order valence-electron chi connectivity index (χ2n) is 8.00. The Hall–Kier alpha value is -3.17. The van der Waals surface area contributed by atoms with E-state index in [0.717, 1.165) is 11.7 Å². The molecule has 33 heavy (non-hydrogen) atoms. The van der Waals surface area contributed by atoms with E-state index in [9.17, 15) is 4.39 Å². The molecule has 1 aliphatic carbocycles. The smallest absolute Gasteiger partial charge is 0.228 e. The number of benzene rings is 1. The lowest BCUT2D eigenvalue weighted by atomic mass is 10.1. The third kappa shape index (κ3) is 4.94. The predicted octanol–water partition coefficient (Wildman–Crippen LogP) is 4.24. The number of ether oxygens (including phenoxy) is 1. The molecule has 8 nitrogen and oxygen atoms in total. The molecule has 1 aromatic carbocycles. The highest BCUT2D eigenvalue weighted by Crippen LogP contribution is 2.33. The van der Waals surface area contributed by atoms with E-state index in [4.69, 9.17) is 16.3 Å². The van der Waals surface area contributed by atoms with Crippen molar-refractivity contribution in [3.63, 3.8) is 0 Å². The molecule has 0 bridgehead atoms. The zero-order valence-electron chi connectivity index (χ0n) is 18.2. The summed E-state index contributed by atoms with van der Waals surface area (Å²) in [5.41, 5.74) is 2.38. The number of rotatable bonds is 3. The minimum Gasteiger partial charge on any atom is -0.378 e. The van der Waals surface area contributed by atoms with Crippen molar-refractivity contribution in [1.82, 2.24) is 29.7 Å². The van der Waals surface area contributed by atoms with Crippen LogP contribution in [0, 0.1) is 12.7 Å². The van der Waals surface area contributed by atoms with Crippen molar-refractivity contribution in [3.05, 3.63) is 59.4 Å². The highest BCUT2D eigenvalue weighted by Gasteiger charge is 2.23. The third-order valence-electron chi connectivity index (χ3n) is 5.44. The van der Waals surface area contributed by atoms with Gasteiger partial charge in [0.15, 0.2) is 5.65 Å². The van der Waals surface area contributed by atoms with Gasteiger partial charge in [-0.1, -0.05) is 11.6 Å². The second-order valence-corrected chi connectivity index (χ2v) is 8.43. The lowest BCUT2D eigenvalue weighted by Crippen LogP contribution is -2.37. The fourth-order valence-corrected chi connectivity index (χ4v) is 3.75. The van der Waals surface area contributed by atoms with Crippen molar-refractivity contribution >= 4 is 28.7 Å². The molecule has 1 saturated heterocycles. The molecule has 0 radical (unpaired) electrons. The first-order chi connectivity index (χ1) is 16.1. The van der Waals surface area contributed by atoms with Gasteiger partial charge in [0.1, 0.15) is 17.0 Å². The first-order valence-corrected chi connectivity index (χ1v) is 11.2. The van der Waals surface area contributed by atoms with Gasteiger partial charge in [-0.15, -0.1) is 0 Å². The Kier molecular flexibility index (Phi) is 6.15. The van der Waals surface area contributed by atoms with E-state index in [1.165, 1.54) is 18.9 Å². The van der Waals surface area contributed by atoms with E-state index in [1.54, 1.807) is 18.3 Å². The number of hydrogen-bond donors (Lipinski definition) is 0. The van der Waals surface area contributed by atoms with Gasteiger partial charge in [-0.3, -0.25) is 4.68 Å². The maximum absolute atomic E-state index is 14.5. The Morgan fingerprint density at radius 2 is 1.94 bits per heavy atom. The van der Waals surface area contributed by atoms with Crippen LogP contribution < -0.4 is 4.90 Å². The Bertz CT molecular complexity index is 1260. The summed E-state index contributed by atoms with van der Waals surface area (Å²) in [4.78, 5) is 19.9. The third-order valence-corrected chi connectivity index (χ3v) is 5.68. The normalized spacial score (nSPS) is 15.9. The number of aryl methyl sites for hydroxylation is 1. The largest absolute Gasteiger partial charge is 0.378 e. The quantitative estimate of drug-likeness (QED) is 0.445. The number of anilines is 1. The van der Waals surface area contributed by atoms with Crippen LogP contribution in [0.25, 0.3) is 22.4 Å². The molecule has 2 aliphatic rings. The lowest BCUT2D eigenvalue weighted by molar-refractivity contribution is 0.122. The molecule has 0 N–H and O–H groups in total. The monoisotopic (exact) mass is 467 g/mol. The van der Waals surface area contributed by atoms with Crippen molar-refractivity contribution in [2.45, 2.75) is 25.8 Å². The van der Waals surface area contributed by atoms with Crippen LogP contribution in [0.4, 0.5) is 10.3 Å². The van der Waals surface area contributed by atoms with Gasteiger partial charge in [0.2, 0.25) is 5.95 Å². The van der Waals surface area contributed by atoms with Gasteiger partial charge in [-0.2, -0.15) is 10.1 Å². The summed E-state index contributed by atoms with van der Waals surface area (Å²) >= 11 is 5.87. The topological polar surface area (TPSA) is 81.8 Å². The van der Waals surface area contributed by atoms with Crippen LogP contribution in [-0.2, 0) is 4.74 Å². The summed E-state index contributed by atoms with van der Waals surface area (Å²) in [6.45, 7) is 4.39. The van der Waals surface area contributed by atoms with Crippen LogP contribution in [0.3, 0.4) is 0 Å². The Morgan fingerprint density at radius 1 is 1.12 bits per heavy atom. The summed E-state index contributed by atoms with van der Waals surface area (Å²) in [6.07, 6.45) is 8.12. The van der Waals surface area contributed by atoms with E-state index in [-0.39, 0.29) is 0 Å². The van der Waals surface area contributed by atoms with Crippen molar-refractivity contribution in [3.8, 4) is 11.3 Å². The number of hydrogen-bond acceptors (Lipinski definition) is 7. The SMILES string of the molecule is Cc1cnc2c(-c3ccc(Cl)cc3F)nc(N3CCOCC3)nc2n1.c1cnn(C2CC2)c1. The molecule has 2 fully saturated rings. The minimum atomic E-state index is -0.456. The summed E-state index contributed by atoms with van der Waals surface area (Å²) in [5.74, 6) is 0.0443. The summed E-state index contributed by atoms with van der Waals surface area (Å²) in [7, 11) is 0. The summed E-state index contributed by atoms with van der Waals surface area (Å²) < 4.78 is 21.9. The molecule has 0 atom stereocenters. The first-order valence-electron chi connectivity index (χ1n) is 10.9. The molecular formula is C23H23ClFN7O. The standard InChI is InChI=1S/C17H15ClFN5O.C6H8N2/c1-10-9-20-15-14(12-3-2-11(18)8-13(12)19)22-17(23-16(15)21-10)24-4-6-25-7-5-24;1-4-7-8(5-1)6-2-3-6/h2-3,8-9H,4-7H2,1H3;1,4-6H,2-3H2. The highest BCUT2D eigenvalue weighted by molar-refractivity contribution is 6.30. The van der Waals surface area contributed by atoms with E-state index >= 15 is 0 Å². The van der Waals surface area contributed by atoms with Gasteiger partial charge in [0, 0.05) is 42.3 Å². The highest BCUT2D eigenvalue weighted by atomic mass is 35.5. The van der Waals surface area contributed by atoms with Gasteiger partial charge < -0.3 is 9.64 Å². The van der Waals surface area contributed by atoms with Gasteiger partial charge in [0.25, 0.3) is 0 Å². The zero-order chi connectivity index (χ0) is 22.8. The summed E-state index contributed by atoms with van der Waals surface area (Å²) in [6, 6.07) is 7.21. The molecule has 6 rings (SSSR count). The van der Waals surface area contributed by atoms with Crippen LogP contribution in [0.2, 0.25) is 5.02 Å². The predicted molar refractivity (Wildman–Crippen MR) is 124 cm³/mol. The van der Waals surface area contributed by atoms with Crippen molar-refractivity contribution in [2.24, 2.45) is 0 Å². The Labute approximate surface area is 195 Å². The first kappa shape index (κ1) is 21.7. The van der Waals surface area contributed by atoms with Crippen molar-refractivity contribution in [2.75, 3.05) is 31.2 Å². The molecule has 4 aromatic rings. The second kappa shape index (κ2) is 9.36. The minimum absolute atomic E-state index is 0.324. The van der Waals surface area contributed by atoms with E-state index in [2.05, 4.69) is 25.0 Å². The number of morpholine rings is 1. The lowest BCUT2D eigenvalue weighted by Gasteiger charge is -2.27. The van der Waals surface area contributed by atoms with Crippen LogP contribution in [0.5, 0.6) is 0 Å². The fraction of sp³-hybridized carbons (Fsp3) is 0.348. The molecule has 0 spiro atoms. The van der Waals surface area contributed by atoms with Gasteiger partial charge in [-0.25, -0.2) is 19.3 Å². The van der Waals surface area contributed by atoms with E-state index in [1.807, 2.05) is 35.0 Å². The van der Waals surface area contributed by atoms with Crippen LogP contribution in [0.1, 0.15) is 24.6 Å². The van der Waals surface area contributed by atoms with E-state index in [0.29, 0.717) is 59.7 Å². The van der Waals surface area contributed by atoms with Crippen molar-refractivity contribution in [1.29, 1.82) is 0 Å². The number of halogens is 2. The fourth-order valence-electron chi connectivity index (χ4n) is 3.59. The molecule has 0 unspecified atom stereocenters. The maximum Gasteiger partial charge on any atom is 0.228 e. The molecule has 170 valence electrons. The average Bonchev–Trinajstić information content (AvgIpc) is 3.53. The van der Waals surface area contributed by atoms with Gasteiger partial charge in [0.05, 0.1) is 24.9 Å². The number of nitrogens with zero attached hydrogens (tertiary/aromatic N) is 7. The van der Waals surface area contributed by atoms with Crippen LogP contribution >= 0.6 is 11.6 Å². The zero-order valence-corrected chi connectivity index (χ0v) is 18.9. The maximum atomic E-state index is 14.5. The van der Waals surface area contributed by atoms with Gasteiger partial charge in [-0.05, 0) is 44.0 Å². The van der Waals surface area contributed by atoms with Crippen LogP contribution in [-0.4, -0.2) is 56.0 Å². The molecule has 1 aliphatic heterocycles. The van der Waals surface area contributed by atoms with Gasteiger partial charge >= 0.3 is 0 Å². The summed E-state index contributed by atoms with van der Waals surface area (Å²) in [5, 5.41) is 4.42. The number of fused-ring (bicyclic) bond motifs is 1. The molecule has 0 amide bonds. The Balaban J connectivity index is 0.000000238. The average molecular weight is 468 g/mol. The molecule has 3 aromatic heterocycles. The molecule has 1 saturated carbocycles.